The standard InChI is InChI=1S/C36H60N2O3S/c1-6-7-8-9-10-11-12-13-14-15-16-17-19-30(33(39)29-21-24-40-25-22-29)34-32(31-20-18-23-41-31)38-35(42-34)37-27-36(4,5)26-28(2)3/h18,20,23,28-30H,6-17,19,21-22,24-27H2,1-5H3,(H,37,38). The Morgan fingerprint density at radius 2 is 1.62 bits per heavy atom. The van der Waals surface area contributed by atoms with Crippen molar-refractivity contribution in [2.75, 3.05) is 25.1 Å². The summed E-state index contributed by atoms with van der Waals surface area (Å²) in [6, 6.07) is 3.89. The predicted octanol–water partition coefficient (Wildman–Crippen LogP) is 11.1. The number of aromatic nitrogens is 1. The van der Waals surface area contributed by atoms with E-state index < -0.39 is 0 Å². The van der Waals surface area contributed by atoms with Gasteiger partial charge in [-0.3, -0.25) is 4.79 Å². The predicted molar refractivity (Wildman–Crippen MR) is 179 cm³/mol. The molecule has 0 bridgehead atoms. The summed E-state index contributed by atoms with van der Waals surface area (Å²) in [5.74, 6) is 1.73. The van der Waals surface area contributed by atoms with Crippen LogP contribution in [0.15, 0.2) is 22.8 Å². The highest BCUT2D eigenvalue weighted by Crippen LogP contribution is 2.42. The topological polar surface area (TPSA) is 64.4 Å². The number of unbranched alkanes of at least 4 members (excludes halogenated alkanes) is 11. The first-order valence-corrected chi connectivity index (χ1v) is 18.0. The van der Waals surface area contributed by atoms with Gasteiger partial charge in [-0.05, 0) is 49.1 Å². The fourth-order valence-electron chi connectivity index (χ4n) is 6.58. The van der Waals surface area contributed by atoms with Gasteiger partial charge in [-0.15, -0.1) is 11.3 Å². The molecular weight excluding hydrogens is 540 g/mol. The molecule has 0 radical (unpaired) electrons. The van der Waals surface area contributed by atoms with Gasteiger partial charge in [-0.1, -0.05) is 112 Å². The van der Waals surface area contributed by atoms with Crippen LogP contribution in [0.2, 0.25) is 0 Å². The van der Waals surface area contributed by atoms with Gasteiger partial charge in [-0.25, -0.2) is 4.98 Å². The largest absolute Gasteiger partial charge is 0.463 e. The molecule has 5 nitrogen and oxygen atoms in total. The van der Waals surface area contributed by atoms with Crippen LogP contribution >= 0.6 is 11.3 Å². The Morgan fingerprint density at radius 3 is 2.19 bits per heavy atom. The number of furan rings is 1. The van der Waals surface area contributed by atoms with Crippen molar-refractivity contribution >= 4 is 22.3 Å². The van der Waals surface area contributed by atoms with Crippen LogP contribution in [0.5, 0.6) is 0 Å². The highest BCUT2D eigenvalue weighted by atomic mass is 32.1. The highest BCUT2D eigenvalue weighted by Gasteiger charge is 2.34. The van der Waals surface area contributed by atoms with Gasteiger partial charge < -0.3 is 14.5 Å². The number of Topliss-reactive ketones (excluding diaryl/α,β-unsaturated/α-hetero) is 1. The Morgan fingerprint density at radius 1 is 1.00 bits per heavy atom. The number of nitrogens with one attached hydrogen (secondary N) is 1. The number of rotatable bonds is 22. The lowest BCUT2D eigenvalue weighted by Gasteiger charge is -2.26. The third-order valence-electron chi connectivity index (χ3n) is 8.72. The number of nitrogens with zero attached hydrogens (tertiary/aromatic N) is 1. The van der Waals surface area contributed by atoms with E-state index in [1.54, 1.807) is 17.6 Å². The third-order valence-corrected chi connectivity index (χ3v) is 9.84. The summed E-state index contributed by atoms with van der Waals surface area (Å²) in [6.45, 7) is 13.7. The van der Waals surface area contributed by atoms with Crippen LogP contribution in [-0.4, -0.2) is 30.5 Å². The average Bonchev–Trinajstić information content (AvgIpc) is 3.64. The van der Waals surface area contributed by atoms with Crippen molar-refractivity contribution in [1.29, 1.82) is 0 Å². The molecule has 0 aromatic carbocycles. The number of carbonyl (C=O) groups is 1. The van der Waals surface area contributed by atoms with Crippen molar-refractivity contribution in [3.05, 3.63) is 23.3 Å². The van der Waals surface area contributed by atoms with Crippen molar-refractivity contribution in [3.63, 3.8) is 0 Å². The first kappa shape index (κ1) is 34.8. The van der Waals surface area contributed by atoms with Crippen molar-refractivity contribution < 1.29 is 13.9 Å². The molecule has 1 aliphatic rings. The Labute approximate surface area is 261 Å². The van der Waals surface area contributed by atoms with E-state index >= 15 is 0 Å². The van der Waals surface area contributed by atoms with Crippen LogP contribution < -0.4 is 5.32 Å². The van der Waals surface area contributed by atoms with E-state index in [2.05, 4.69) is 39.9 Å². The summed E-state index contributed by atoms with van der Waals surface area (Å²) in [5, 5.41) is 4.53. The van der Waals surface area contributed by atoms with E-state index in [4.69, 9.17) is 14.1 Å². The Hall–Kier alpha value is -1.66. The number of ether oxygens (including phenoxy) is 1. The summed E-state index contributed by atoms with van der Waals surface area (Å²) in [6.07, 6.45) is 21.3. The first-order valence-electron chi connectivity index (χ1n) is 17.2. The summed E-state index contributed by atoms with van der Waals surface area (Å²) in [4.78, 5) is 20.2. The van der Waals surface area contributed by atoms with Gasteiger partial charge >= 0.3 is 0 Å². The van der Waals surface area contributed by atoms with Crippen LogP contribution in [0.1, 0.15) is 148 Å². The van der Waals surface area contributed by atoms with E-state index in [1.165, 1.54) is 70.6 Å². The minimum absolute atomic E-state index is 0.0778. The van der Waals surface area contributed by atoms with E-state index in [1.807, 2.05) is 12.1 Å². The molecule has 1 saturated heterocycles. The average molecular weight is 601 g/mol. The zero-order valence-corrected chi connectivity index (χ0v) is 28.3. The van der Waals surface area contributed by atoms with E-state index in [9.17, 15) is 4.79 Å². The zero-order chi connectivity index (χ0) is 30.2. The number of hydrogen-bond donors (Lipinski definition) is 1. The minimum atomic E-state index is -0.131. The number of hydrogen-bond acceptors (Lipinski definition) is 6. The molecule has 1 aliphatic heterocycles. The monoisotopic (exact) mass is 600 g/mol. The Kier molecular flexibility index (Phi) is 15.7. The molecule has 6 heteroatoms. The van der Waals surface area contributed by atoms with Gasteiger partial charge in [-0.2, -0.15) is 0 Å². The van der Waals surface area contributed by atoms with Crippen LogP contribution in [0, 0.1) is 17.3 Å². The normalized spacial score (nSPS) is 15.4. The Bertz CT molecular complexity index is 991. The van der Waals surface area contributed by atoms with E-state index in [-0.39, 0.29) is 17.3 Å². The fraction of sp³-hybridized carbons (Fsp3) is 0.778. The molecule has 0 spiro atoms. The van der Waals surface area contributed by atoms with Gasteiger partial charge in [0.2, 0.25) is 0 Å². The molecule has 3 heterocycles. The number of thiazole rings is 1. The Balaban J connectivity index is 1.64. The second-order valence-electron chi connectivity index (χ2n) is 13.8. The molecule has 3 rings (SSSR count). The van der Waals surface area contributed by atoms with Crippen LogP contribution in [0.25, 0.3) is 11.5 Å². The molecule has 0 aliphatic carbocycles. The fourth-order valence-corrected chi connectivity index (χ4v) is 7.69. The zero-order valence-electron chi connectivity index (χ0n) is 27.5. The van der Waals surface area contributed by atoms with Crippen LogP contribution in [0.3, 0.4) is 0 Å². The molecule has 1 unspecified atom stereocenters. The van der Waals surface area contributed by atoms with Crippen molar-refractivity contribution in [3.8, 4) is 11.5 Å². The van der Waals surface area contributed by atoms with Gasteiger partial charge in [0.1, 0.15) is 11.5 Å². The lowest BCUT2D eigenvalue weighted by atomic mass is 9.83. The maximum absolute atomic E-state index is 14.1. The van der Waals surface area contributed by atoms with E-state index in [0.29, 0.717) is 24.9 Å². The van der Waals surface area contributed by atoms with E-state index in [0.717, 1.165) is 60.1 Å². The van der Waals surface area contributed by atoms with Crippen LogP contribution in [-0.2, 0) is 9.53 Å². The van der Waals surface area contributed by atoms with Gasteiger partial charge in [0.05, 0.1) is 12.2 Å². The van der Waals surface area contributed by atoms with Crippen molar-refractivity contribution in [1.82, 2.24) is 4.98 Å². The summed E-state index contributed by atoms with van der Waals surface area (Å²) in [7, 11) is 0. The summed E-state index contributed by atoms with van der Waals surface area (Å²) >= 11 is 1.67. The molecule has 42 heavy (non-hydrogen) atoms. The molecule has 2 aromatic heterocycles. The maximum atomic E-state index is 14.1. The van der Waals surface area contributed by atoms with Gasteiger partial charge in [0, 0.05) is 30.6 Å². The molecule has 2 aromatic rings. The SMILES string of the molecule is CCCCCCCCCCCCCCC(C(=O)C1CCOCC1)c1sc(NCC(C)(C)CC(C)C)nc1-c1ccco1. The first-order chi connectivity index (χ1) is 20.3. The minimum Gasteiger partial charge on any atom is -0.463 e. The quantitative estimate of drug-likeness (QED) is 0.136. The third kappa shape index (κ3) is 12.1. The van der Waals surface area contributed by atoms with Crippen molar-refractivity contribution in [2.24, 2.45) is 17.3 Å². The number of anilines is 1. The van der Waals surface area contributed by atoms with Gasteiger partial charge in [0.15, 0.2) is 10.9 Å². The second kappa shape index (κ2) is 18.9. The maximum Gasteiger partial charge on any atom is 0.183 e. The molecule has 0 saturated carbocycles. The molecule has 238 valence electrons. The molecular formula is C36H60N2O3S. The summed E-state index contributed by atoms with van der Waals surface area (Å²) < 4.78 is 11.5. The lowest BCUT2D eigenvalue weighted by molar-refractivity contribution is -0.127. The second-order valence-corrected chi connectivity index (χ2v) is 14.9. The molecule has 1 atom stereocenters. The smallest absolute Gasteiger partial charge is 0.183 e. The number of ketones is 1. The molecule has 0 amide bonds. The number of carbonyl (C=O) groups excluding carboxylic acids is 1. The van der Waals surface area contributed by atoms with Gasteiger partial charge in [0.25, 0.3) is 0 Å². The highest BCUT2D eigenvalue weighted by molar-refractivity contribution is 7.16. The lowest BCUT2D eigenvalue weighted by Crippen LogP contribution is -2.28. The molecule has 1 fully saturated rings. The van der Waals surface area contributed by atoms with Crippen molar-refractivity contribution in [2.45, 2.75) is 143 Å². The molecule has 1 N–H and O–H groups in total. The van der Waals surface area contributed by atoms with Crippen LogP contribution in [0.4, 0.5) is 5.13 Å². The summed E-state index contributed by atoms with van der Waals surface area (Å²) in [5.41, 5.74) is 1.01.